The number of halogens is 1. The predicted octanol–water partition coefficient (Wildman–Crippen LogP) is 3.08. The summed E-state index contributed by atoms with van der Waals surface area (Å²) in [6.45, 7) is 8.89. The number of aliphatic hydroxyl groups is 1. The molecule has 0 bridgehead atoms. The first-order valence-electron chi connectivity index (χ1n) is 7.03. The van der Waals surface area contributed by atoms with Gasteiger partial charge in [0.1, 0.15) is 24.0 Å². The van der Waals surface area contributed by atoms with E-state index in [2.05, 4.69) is 36.1 Å². The Labute approximate surface area is 141 Å². The molecule has 2 aromatic rings. The number of hydrogen-bond donors (Lipinski definition) is 4. The van der Waals surface area contributed by atoms with Crippen LogP contribution in [0.2, 0.25) is 0 Å². The van der Waals surface area contributed by atoms with Gasteiger partial charge in [-0.25, -0.2) is 0 Å². The lowest BCUT2D eigenvalue weighted by molar-refractivity contribution is 0.101. The number of nitrogens with one attached hydrogen (secondary N) is 3. The number of aromatic amines is 2. The molecule has 0 spiro atoms. The van der Waals surface area contributed by atoms with Crippen molar-refractivity contribution in [2.24, 2.45) is 0 Å². The van der Waals surface area contributed by atoms with Crippen molar-refractivity contribution in [3.8, 4) is 5.75 Å². The maximum atomic E-state index is 9.99. The van der Waals surface area contributed by atoms with E-state index in [9.17, 15) is 5.11 Å². The molecule has 2 rings (SSSR count). The van der Waals surface area contributed by atoms with Crippen molar-refractivity contribution < 1.29 is 9.84 Å². The molecule has 0 amide bonds. The van der Waals surface area contributed by atoms with Crippen molar-refractivity contribution >= 4 is 35.7 Å². The molecule has 0 aliphatic heterocycles. The van der Waals surface area contributed by atoms with Gasteiger partial charge < -0.3 is 25.1 Å². The van der Waals surface area contributed by atoms with Gasteiger partial charge in [0.2, 0.25) is 0 Å². The molecule has 0 saturated heterocycles. The van der Waals surface area contributed by atoms with Crippen LogP contribution in [0.1, 0.15) is 26.3 Å². The lowest BCUT2D eigenvalue weighted by Gasteiger charge is -2.23. The molecule has 1 aromatic carbocycles. The van der Waals surface area contributed by atoms with E-state index in [1.807, 2.05) is 19.1 Å². The second-order valence-corrected chi connectivity index (χ2v) is 6.77. The molecule has 0 fully saturated rings. The Morgan fingerprint density at radius 3 is 2.64 bits per heavy atom. The van der Waals surface area contributed by atoms with Gasteiger partial charge in [0.25, 0.3) is 0 Å². The van der Waals surface area contributed by atoms with Gasteiger partial charge in [0.15, 0.2) is 4.77 Å². The number of H-pyrrole nitrogens is 2. The van der Waals surface area contributed by atoms with Crippen molar-refractivity contribution in [2.75, 3.05) is 13.2 Å². The van der Waals surface area contributed by atoms with Crippen molar-refractivity contribution in [3.05, 3.63) is 22.5 Å². The summed E-state index contributed by atoms with van der Waals surface area (Å²) in [6.07, 6.45) is -0.568. The Morgan fingerprint density at radius 2 is 2.00 bits per heavy atom. The highest BCUT2D eigenvalue weighted by Gasteiger charge is 2.13. The molecule has 0 aliphatic carbocycles. The highest BCUT2D eigenvalue weighted by Crippen LogP contribution is 2.25. The Balaban J connectivity index is 0.00000242. The summed E-state index contributed by atoms with van der Waals surface area (Å²) in [5.74, 6) is 0.701. The van der Waals surface area contributed by atoms with E-state index in [0.29, 0.717) is 17.1 Å². The minimum absolute atomic E-state index is 0. The molecule has 1 unspecified atom stereocenters. The van der Waals surface area contributed by atoms with Crippen LogP contribution in [-0.4, -0.2) is 39.9 Å². The van der Waals surface area contributed by atoms with Crippen LogP contribution in [-0.2, 0) is 0 Å². The van der Waals surface area contributed by atoms with E-state index in [0.717, 1.165) is 16.6 Å². The summed E-state index contributed by atoms with van der Waals surface area (Å²) in [5.41, 5.74) is 2.80. The first-order chi connectivity index (χ1) is 9.74. The quantitative estimate of drug-likeness (QED) is 0.628. The molecule has 4 N–H and O–H groups in total. The van der Waals surface area contributed by atoms with Crippen LogP contribution in [0.4, 0.5) is 0 Å². The molecule has 1 atom stereocenters. The van der Waals surface area contributed by atoms with Gasteiger partial charge in [0, 0.05) is 12.1 Å². The first kappa shape index (κ1) is 19.0. The molecule has 7 heteroatoms. The van der Waals surface area contributed by atoms with E-state index in [-0.39, 0.29) is 24.6 Å². The molecule has 0 aliphatic rings. The third kappa shape index (κ3) is 5.28. The predicted molar refractivity (Wildman–Crippen MR) is 94.7 cm³/mol. The Bertz CT molecular complexity index is 675. The van der Waals surface area contributed by atoms with Gasteiger partial charge in [-0.1, -0.05) is 0 Å². The number of β-amino-alcohol motifs (C(OH)–C–C–N with tert-alkyl or cyclic N) is 1. The fourth-order valence-corrected chi connectivity index (χ4v) is 2.24. The normalized spacial score (nSPS) is 13.0. The zero-order valence-electron chi connectivity index (χ0n) is 13.3. The number of aromatic nitrogens is 2. The smallest absolute Gasteiger partial charge is 0.175 e. The largest absolute Gasteiger partial charge is 0.489 e. The summed E-state index contributed by atoms with van der Waals surface area (Å²) in [5, 5.41) is 13.2. The van der Waals surface area contributed by atoms with Gasteiger partial charge >= 0.3 is 0 Å². The van der Waals surface area contributed by atoms with Crippen molar-refractivity contribution in [2.45, 2.75) is 39.3 Å². The Morgan fingerprint density at radius 1 is 1.32 bits per heavy atom. The zero-order chi connectivity index (χ0) is 15.6. The molecule has 1 heterocycles. The van der Waals surface area contributed by atoms with E-state index in [1.165, 1.54) is 0 Å². The number of hydrogen-bond acceptors (Lipinski definition) is 4. The molecule has 22 heavy (non-hydrogen) atoms. The van der Waals surface area contributed by atoms with Crippen LogP contribution in [0.5, 0.6) is 5.75 Å². The van der Waals surface area contributed by atoms with Gasteiger partial charge in [0.05, 0.1) is 5.52 Å². The maximum Gasteiger partial charge on any atom is 0.175 e. The molecule has 5 nitrogen and oxygen atoms in total. The number of rotatable bonds is 5. The van der Waals surface area contributed by atoms with E-state index in [4.69, 9.17) is 17.0 Å². The van der Waals surface area contributed by atoms with Crippen LogP contribution in [0, 0.1) is 11.7 Å². The number of aliphatic hydroxyl groups excluding tert-OH is 1. The molecule has 124 valence electrons. The van der Waals surface area contributed by atoms with Gasteiger partial charge in [-0.3, -0.25) is 0 Å². The van der Waals surface area contributed by atoms with E-state index >= 15 is 0 Å². The van der Waals surface area contributed by atoms with Crippen LogP contribution in [0.15, 0.2) is 12.1 Å². The van der Waals surface area contributed by atoms with E-state index in [1.54, 1.807) is 0 Å². The Hall–Kier alpha value is -1.08. The van der Waals surface area contributed by atoms with Crippen molar-refractivity contribution in [1.29, 1.82) is 0 Å². The SMILES string of the molecule is Cc1cc(OCC(O)CNC(C)(C)C)c2[nH]c(=S)[nH]c2c1.Cl. The number of fused-ring (bicyclic) bond motifs is 1. The average Bonchev–Trinajstić information content (AvgIpc) is 2.72. The number of benzene rings is 1. The third-order valence-electron chi connectivity index (χ3n) is 3.03. The first-order valence-corrected chi connectivity index (χ1v) is 7.44. The van der Waals surface area contributed by atoms with Crippen LogP contribution < -0.4 is 10.1 Å². The maximum absolute atomic E-state index is 9.99. The standard InChI is InChI=1S/C15H23N3O2S.ClH/c1-9-5-11-13(18-14(21)17-11)12(6-9)20-8-10(19)7-16-15(2,3)4;/h5-6,10,16,19H,7-8H2,1-4H3,(H2,17,18,21);1H. The minimum atomic E-state index is -0.568. The summed E-state index contributed by atoms with van der Waals surface area (Å²) >= 11 is 5.11. The molecular weight excluding hydrogens is 322 g/mol. The summed E-state index contributed by atoms with van der Waals surface area (Å²) in [7, 11) is 0. The minimum Gasteiger partial charge on any atom is -0.489 e. The lowest BCUT2D eigenvalue weighted by Crippen LogP contribution is -2.42. The molecule has 1 aromatic heterocycles. The lowest BCUT2D eigenvalue weighted by atomic mass is 10.1. The highest BCUT2D eigenvalue weighted by molar-refractivity contribution is 7.71. The zero-order valence-corrected chi connectivity index (χ0v) is 15.0. The van der Waals surface area contributed by atoms with Crippen molar-refractivity contribution in [1.82, 2.24) is 15.3 Å². The van der Waals surface area contributed by atoms with Crippen LogP contribution in [0.3, 0.4) is 0 Å². The fraction of sp³-hybridized carbons (Fsp3) is 0.533. The topological polar surface area (TPSA) is 73.1 Å². The average molecular weight is 346 g/mol. The summed E-state index contributed by atoms with van der Waals surface area (Å²) in [6, 6.07) is 3.94. The molecule has 0 radical (unpaired) electrons. The number of aryl methyl sites for hydroxylation is 1. The van der Waals surface area contributed by atoms with Crippen LogP contribution >= 0.6 is 24.6 Å². The second kappa shape index (κ2) is 7.46. The second-order valence-electron chi connectivity index (χ2n) is 6.36. The van der Waals surface area contributed by atoms with Crippen molar-refractivity contribution in [3.63, 3.8) is 0 Å². The summed E-state index contributed by atoms with van der Waals surface area (Å²) < 4.78 is 6.32. The molecule has 0 saturated carbocycles. The number of imidazole rings is 1. The monoisotopic (exact) mass is 345 g/mol. The summed E-state index contributed by atoms with van der Waals surface area (Å²) in [4.78, 5) is 6.15. The van der Waals surface area contributed by atoms with E-state index < -0.39 is 6.10 Å². The Kier molecular flexibility index (Phi) is 6.43. The fourth-order valence-electron chi connectivity index (χ4n) is 2.03. The van der Waals surface area contributed by atoms with Gasteiger partial charge in [-0.2, -0.15) is 0 Å². The van der Waals surface area contributed by atoms with Crippen LogP contribution in [0.25, 0.3) is 11.0 Å². The third-order valence-corrected chi connectivity index (χ3v) is 3.24. The van der Waals surface area contributed by atoms with Gasteiger partial charge in [-0.15, -0.1) is 12.4 Å². The number of ether oxygens (including phenoxy) is 1. The molecular formula is C15H24ClN3O2S. The van der Waals surface area contributed by atoms with Gasteiger partial charge in [-0.05, 0) is 57.6 Å². The highest BCUT2D eigenvalue weighted by atomic mass is 35.5.